The van der Waals surface area contributed by atoms with Crippen LogP contribution < -0.4 is 4.74 Å². The largest absolute Gasteiger partial charge is 0.493 e. The maximum atomic E-state index is 13.7. The highest BCUT2D eigenvalue weighted by Gasteiger charge is 2.20. The number of sulfone groups is 1. The number of methoxy groups -OCH3 is 1. The highest BCUT2D eigenvalue weighted by atomic mass is 32.2. The Morgan fingerprint density at radius 1 is 1.50 bits per heavy atom. The van der Waals surface area contributed by atoms with Gasteiger partial charge in [-0.3, -0.25) is 0 Å². The average molecular weight is 243 g/mol. The summed E-state index contributed by atoms with van der Waals surface area (Å²) in [6, 6.07) is 4.36. The SMILES string of the molecule is COc1c(CC#N)ccc(S(C)(=O)=O)c1F. The Kier molecular flexibility index (Phi) is 3.50. The molecule has 4 nitrogen and oxygen atoms in total. The molecule has 0 unspecified atom stereocenters. The molecule has 1 aromatic rings. The van der Waals surface area contributed by atoms with E-state index in [9.17, 15) is 12.8 Å². The molecule has 0 amide bonds. The standard InChI is InChI=1S/C10H10FNO3S/c1-15-10-7(5-6-12)3-4-8(9(10)11)16(2,13)14/h3-4H,5H2,1-2H3. The molecule has 0 saturated heterocycles. The van der Waals surface area contributed by atoms with Crippen molar-refractivity contribution < 1.29 is 17.5 Å². The number of rotatable bonds is 3. The molecule has 1 aromatic carbocycles. The quantitative estimate of drug-likeness (QED) is 0.802. The third-order valence-corrected chi connectivity index (χ3v) is 3.13. The zero-order valence-corrected chi connectivity index (χ0v) is 9.64. The van der Waals surface area contributed by atoms with Crippen LogP contribution in [0.4, 0.5) is 4.39 Å². The minimum Gasteiger partial charge on any atom is -0.493 e. The summed E-state index contributed by atoms with van der Waals surface area (Å²) >= 11 is 0. The Hall–Kier alpha value is -1.61. The lowest BCUT2D eigenvalue weighted by Gasteiger charge is -2.09. The molecule has 86 valence electrons. The van der Waals surface area contributed by atoms with E-state index in [1.165, 1.54) is 13.2 Å². The number of nitriles is 1. The van der Waals surface area contributed by atoms with E-state index in [0.717, 1.165) is 12.3 Å². The van der Waals surface area contributed by atoms with Gasteiger partial charge >= 0.3 is 0 Å². The van der Waals surface area contributed by atoms with Gasteiger partial charge in [-0.05, 0) is 6.07 Å². The van der Waals surface area contributed by atoms with Gasteiger partial charge in [-0.15, -0.1) is 0 Å². The van der Waals surface area contributed by atoms with E-state index in [4.69, 9.17) is 10.00 Å². The average Bonchev–Trinajstić information content (AvgIpc) is 2.16. The van der Waals surface area contributed by atoms with Crippen LogP contribution in [0.3, 0.4) is 0 Å². The van der Waals surface area contributed by atoms with Gasteiger partial charge in [0.2, 0.25) is 0 Å². The highest BCUT2D eigenvalue weighted by molar-refractivity contribution is 7.90. The monoisotopic (exact) mass is 243 g/mol. The first kappa shape index (κ1) is 12.5. The second kappa shape index (κ2) is 4.49. The number of nitrogens with zero attached hydrogens (tertiary/aromatic N) is 1. The molecule has 0 radical (unpaired) electrons. The molecule has 0 bridgehead atoms. The molecule has 0 heterocycles. The van der Waals surface area contributed by atoms with Crippen molar-refractivity contribution in [3.63, 3.8) is 0 Å². The van der Waals surface area contributed by atoms with Gasteiger partial charge < -0.3 is 4.74 Å². The fourth-order valence-corrected chi connectivity index (χ4v) is 2.04. The molecular weight excluding hydrogens is 233 g/mol. The van der Waals surface area contributed by atoms with Crippen LogP contribution in [-0.2, 0) is 16.3 Å². The Bertz CT molecular complexity index is 546. The second-order valence-electron chi connectivity index (χ2n) is 3.18. The summed E-state index contributed by atoms with van der Waals surface area (Å²) in [7, 11) is -2.41. The lowest BCUT2D eigenvalue weighted by atomic mass is 10.1. The van der Waals surface area contributed by atoms with Crippen molar-refractivity contribution in [1.82, 2.24) is 0 Å². The van der Waals surface area contributed by atoms with Crippen LogP contribution in [0.25, 0.3) is 0 Å². The molecule has 6 heteroatoms. The predicted octanol–water partition coefficient (Wildman–Crippen LogP) is 1.30. The van der Waals surface area contributed by atoms with E-state index in [1.807, 2.05) is 6.07 Å². The lowest BCUT2D eigenvalue weighted by Crippen LogP contribution is -2.04. The molecule has 0 saturated carbocycles. The fourth-order valence-electron chi connectivity index (χ4n) is 1.31. The van der Waals surface area contributed by atoms with Gasteiger partial charge in [0.15, 0.2) is 21.4 Å². The van der Waals surface area contributed by atoms with Crippen LogP contribution in [0.5, 0.6) is 5.75 Å². The zero-order valence-electron chi connectivity index (χ0n) is 8.82. The van der Waals surface area contributed by atoms with Gasteiger partial charge in [0.25, 0.3) is 0 Å². The summed E-state index contributed by atoms with van der Waals surface area (Å²) in [4.78, 5) is -0.425. The molecule has 0 N–H and O–H groups in total. The third kappa shape index (κ3) is 2.31. The van der Waals surface area contributed by atoms with Crippen LogP contribution in [0.1, 0.15) is 5.56 Å². The van der Waals surface area contributed by atoms with Crippen LogP contribution in [0.15, 0.2) is 17.0 Å². The number of hydrogen-bond donors (Lipinski definition) is 0. The third-order valence-electron chi connectivity index (χ3n) is 2.02. The molecule has 16 heavy (non-hydrogen) atoms. The molecule has 0 spiro atoms. The van der Waals surface area contributed by atoms with E-state index in [1.54, 1.807) is 0 Å². The van der Waals surface area contributed by atoms with Crippen LogP contribution in [-0.4, -0.2) is 21.8 Å². The molecule has 0 aliphatic rings. The minimum atomic E-state index is -3.64. The predicted molar refractivity (Wildman–Crippen MR) is 55.4 cm³/mol. The van der Waals surface area contributed by atoms with E-state index >= 15 is 0 Å². The Morgan fingerprint density at radius 3 is 2.56 bits per heavy atom. The van der Waals surface area contributed by atoms with Crippen molar-refractivity contribution in [3.05, 3.63) is 23.5 Å². The van der Waals surface area contributed by atoms with E-state index in [0.29, 0.717) is 5.56 Å². The fraction of sp³-hybridized carbons (Fsp3) is 0.300. The first-order chi connectivity index (χ1) is 7.41. The van der Waals surface area contributed by atoms with Gasteiger partial charge in [0, 0.05) is 11.8 Å². The molecule has 0 atom stereocenters. The van der Waals surface area contributed by atoms with Crippen LogP contribution in [0.2, 0.25) is 0 Å². The molecule has 0 fully saturated rings. The smallest absolute Gasteiger partial charge is 0.183 e. The second-order valence-corrected chi connectivity index (χ2v) is 5.16. The van der Waals surface area contributed by atoms with E-state index < -0.39 is 20.5 Å². The summed E-state index contributed by atoms with van der Waals surface area (Å²) in [6.07, 6.45) is 0.874. The van der Waals surface area contributed by atoms with Crippen molar-refractivity contribution in [2.45, 2.75) is 11.3 Å². The molecule has 0 aromatic heterocycles. The van der Waals surface area contributed by atoms with Gasteiger partial charge in [-0.2, -0.15) is 5.26 Å². The number of ether oxygens (including phenoxy) is 1. The van der Waals surface area contributed by atoms with Gasteiger partial charge in [-0.1, -0.05) is 6.07 Å². The maximum Gasteiger partial charge on any atom is 0.183 e. The van der Waals surface area contributed by atoms with Gasteiger partial charge in [0.05, 0.1) is 19.6 Å². The molecular formula is C10H10FNO3S. The summed E-state index contributed by atoms with van der Waals surface area (Å²) in [5.41, 5.74) is 0.329. The van der Waals surface area contributed by atoms with Crippen molar-refractivity contribution in [2.24, 2.45) is 0 Å². The maximum absolute atomic E-state index is 13.7. The Labute approximate surface area is 93.2 Å². The topological polar surface area (TPSA) is 67.2 Å². The Balaban J connectivity index is 3.48. The van der Waals surface area contributed by atoms with Crippen molar-refractivity contribution in [1.29, 1.82) is 5.26 Å². The highest BCUT2D eigenvalue weighted by Crippen LogP contribution is 2.28. The first-order valence-electron chi connectivity index (χ1n) is 4.34. The van der Waals surface area contributed by atoms with Crippen molar-refractivity contribution in [2.75, 3.05) is 13.4 Å². The normalized spacial score (nSPS) is 10.9. The van der Waals surface area contributed by atoms with Crippen LogP contribution in [0, 0.1) is 17.1 Å². The summed E-state index contributed by atoms with van der Waals surface area (Å²) in [5, 5.41) is 8.51. The zero-order chi connectivity index (χ0) is 12.3. The van der Waals surface area contributed by atoms with Gasteiger partial charge in [-0.25, -0.2) is 12.8 Å². The van der Waals surface area contributed by atoms with E-state index in [2.05, 4.69) is 0 Å². The van der Waals surface area contributed by atoms with E-state index in [-0.39, 0.29) is 12.2 Å². The van der Waals surface area contributed by atoms with Gasteiger partial charge in [0.1, 0.15) is 4.90 Å². The Morgan fingerprint density at radius 2 is 2.12 bits per heavy atom. The number of benzene rings is 1. The lowest BCUT2D eigenvalue weighted by molar-refractivity contribution is 0.376. The summed E-state index contributed by atoms with van der Waals surface area (Å²) < 4.78 is 41.0. The summed E-state index contributed by atoms with van der Waals surface area (Å²) in [6.45, 7) is 0. The molecule has 0 aliphatic carbocycles. The molecule has 1 rings (SSSR count). The first-order valence-corrected chi connectivity index (χ1v) is 6.23. The number of hydrogen-bond acceptors (Lipinski definition) is 4. The molecule has 0 aliphatic heterocycles. The van der Waals surface area contributed by atoms with Crippen molar-refractivity contribution >= 4 is 9.84 Å². The number of halogens is 1. The van der Waals surface area contributed by atoms with Crippen LogP contribution >= 0.6 is 0 Å². The summed E-state index contributed by atoms with van der Waals surface area (Å²) in [5.74, 6) is -1.14. The van der Waals surface area contributed by atoms with Crippen molar-refractivity contribution in [3.8, 4) is 11.8 Å². The minimum absolute atomic E-state index is 0.0376.